The third-order valence-electron chi connectivity index (χ3n) is 4.67. The van der Waals surface area contributed by atoms with E-state index in [0.29, 0.717) is 0 Å². The van der Waals surface area contributed by atoms with E-state index in [-0.39, 0.29) is 46.0 Å². The van der Waals surface area contributed by atoms with E-state index in [0.717, 1.165) is 0 Å². The number of halogens is 5. The highest BCUT2D eigenvalue weighted by molar-refractivity contribution is 7.91. The minimum atomic E-state index is -4.91. The van der Waals surface area contributed by atoms with Crippen molar-refractivity contribution in [2.24, 2.45) is 5.73 Å². The molecule has 0 bridgehead atoms. The van der Waals surface area contributed by atoms with E-state index in [1.807, 2.05) is 0 Å². The fraction of sp³-hybridized carbons (Fsp3) is 0.200. The summed E-state index contributed by atoms with van der Waals surface area (Å²) in [6, 6.07) is 10.5. The van der Waals surface area contributed by atoms with Crippen LogP contribution in [0, 0.1) is 0 Å². The van der Waals surface area contributed by atoms with Crippen LogP contribution in [0.25, 0.3) is 0 Å². The summed E-state index contributed by atoms with van der Waals surface area (Å²) >= 11 is 12.2. The molecule has 0 fully saturated rings. The van der Waals surface area contributed by atoms with Gasteiger partial charge in [0, 0.05) is 12.1 Å². The van der Waals surface area contributed by atoms with Gasteiger partial charge in [-0.2, -0.15) is 25.5 Å². The summed E-state index contributed by atoms with van der Waals surface area (Å²) in [6.45, 7) is -0.465. The normalized spacial score (nSPS) is 19.2. The van der Waals surface area contributed by atoms with E-state index in [9.17, 15) is 21.6 Å². The summed E-state index contributed by atoms with van der Waals surface area (Å²) in [5.74, 6) is -1.51. The fourth-order valence-electron chi connectivity index (χ4n) is 3.34. The Bertz CT molecular complexity index is 1110. The van der Waals surface area contributed by atoms with Gasteiger partial charge < -0.3 is 10.5 Å². The Morgan fingerprint density at radius 2 is 1.68 bits per heavy atom. The lowest BCUT2D eigenvalue weighted by Crippen LogP contribution is -2.58. The summed E-state index contributed by atoms with van der Waals surface area (Å²) in [5.41, 5.74) is 5.94. The van der Waals surface area contributed by atoms with Crippen LogP contribution < -0.4 is 14.4 Å². The van der Waals surface area contributed by atoms with Gasteiger partial charge in [0.15, 0.2) is 17.2 Å². The average Bonchev–Trinajstić information content (AvgIpc) is 2.69. The van der Waals surface area contributed by atoms with Crippen molar-refractivity contribution in [3.05, 3.63) is 76.4 Å². The van der Waals surface area contributed by atoms with Gasteiger partial charge >= 0.3 is 16.2 Å². The highest BCUT2D eigenvalue weighted by atomic mass is 35.5. The van der Waals surface area contributed by atoms with Crippen LogP contribution >= 0.6 is 23.2 Å². The maximum absolute atomic E-state index is 13.1. The smallest absolute Gasteiger partial charge is 0.408 e. The van der Waals surface area contributed by atoms with Gasteiger partial charge in [0.2, 0.25) is 0 Å². The lowest BCUT2D eigenvalue weighted by molar-refractivity contribution is -0.106. The van der Waals surface area contributed by atoms with Crippen LogP contribution in [0.1, 0.15) is 0 Å². The van der Waals surface area contributed by atoms with Crippen molar-refractivity contribution < 1.29 is 26.3 Å². The molecule has 3 rings (SSSR count). The lowest BCUT2D eigenvalue weighted by Gasteiger charge is -2.38. The van der Waals surface area contributed by atoms with E-state index in [2.05, 4.69) is 0 Å². The summed E-state index contributed by atoms with van der Waals surface area (Å²) < 4.78 is 70.0. The first-order valence-electron chi connectivity index (χ1n) is 8.97. The third kappa shape index (κ3) is 4.75. The first kappa shape index (κ1) is 23.6. The molecule has 2 aromatic rings. The van der Waals surface area contributed by atoms with Gasteiger partial charge in [-0.05, 0) is 36.4 Å². The minimum Gasteiger partial charge on any atom is -0.454 e. The maximum atomic E-state index is 13.1. The molecule has 0 aromatic heterocycles. The Balaban J connectivity index is 2.05. The molecule has 0 radical (unpaired) electrons. The number of para-hydroxylation sites is 1. The highest BCUT2D eigenvalue weighted by Crippen LogP contribution is 2.40. The van der Waals surface area contributed by atoms with Crippen molar-refractivity contribution in [2.75, 3.05) is 18.8 Å². The van der Waals surface area contributed by atoms with E-state index in [1.54, 1.807) is 24.3 Å². The van der Waals surface area contributed by atoms with Crippen molar-refractivity contribution in [1.29, 1.82) is 0 Å². The van der Waals surface area contributed by atoms with Crippen LogP contribution in [0.15, 0.2) is 66.4 Å². The molecule has 0 saturated carbocycles. The molecule has 31 heavy (non-hydrogen) atoms. The Morgan fingerprint density at radius 1 is 1.06 bits per heavy atom. The SMILES string of the molecule is NCC1=CC=CC[N+]1(c1ccc(Oc2c(Cl)cccc2Cl)cc1)S(=O)(=O)CC(F)(F)F. The fourth-order valence-corrected chi connectivity index (χ4v) is 5.69. The molecule has 2 aromatic carbocycles. The second-order valence-electron chi connectivity index (χ2n) is 6.70. The van der Waals surface area contributed by atoms with E-state index in [4.69, 9.17) is 33.7 Å². The quantitative estimate of drug-likeness (QED) is 0.547. The molecule has 11 heteroatoms. The third-order valence-corrected chi connectivity index (χ3v) is 7.51. The number of benzene rings is 2. The van der Waals surface area contributed by atoms with Gasteiger partial charge in [0.25, 0.3) is 0 Å². The van der Waals surface area contributed by atoms with Crippen LogP contribution in [-0.2, 0) is 10.0 Å². The highest BCUT2D eigenvalue weighted by Gasteiger charge is 2.52. The summed E-state index contributed by atoms with van der Waals surface area (Å²) in [4.78, 5) is 0. The molecular formula is C20H18Cl2F3N2O3S+. The lowest BCUT2D eigenvalue weighted by atomic mass is 10.2. The number of sulfonamides is 1. The molecule has 1 heterocycles. The van der Waals surface area contributed by atoms with Crippen LogP contribution in [0.2, 0.25) is 10.0 Å². The largest absolute Gasteiger partial charge is 0.454 e. The van der Waals surface area contributed by atoms with Crippen molar-refractivity contribution in [1.82, 2.24) is 3.89 Å². The molecule has 1 unspecified atom stereocenters. The molecule has 1 aliphatic heterocycles. The predicted octanol–water partition coefficient (Wildman–Crippen LogP) is 5.40. The van der Waals surface area contributed by atoms with Gasteiger partial charge in [0.05, 0.1) is 16.6 Å². The zero-order valence-electron chi connectivity index (χ0n) is 15.9. The number of alkyl halides is 3. The molecule has 0 amide bonds. The predicted molar refractivity (Wildman–Crippen MR) is 116 cm³/mol. The van der Waals surface area contributed by atoms with Gasteiger partial charge in [0.1, 0.15) is 18.0 Å². The Kier molecular flexibility index (Phi) is 6.73. The number of rotatable bonds is 6. The topological polar surface area (TPSA) is 69.4 Å². The Morgan fingerprint density at radius 3 is 2.23 bits per heavy atom. The summed E-state index contributed by atoms with van der Waals surface area (Å²) in [7, 11) is -4.77. The molecular weight excluding hydrogens is 476 g/mol. The Hall–Kier alpha value is -2.04. The molecule has 166 valence electrons. The number of nitrogens with zero attached hydrogens (tertiary/aromatic N) is 1. The molecule has 1 aliphatic rings. The number of hydrogen-bond donors (Lipinski definition) is 1. The monoisotopic (exact) mass is 493 g/mol. The van der Waals surface area contributed by atoms with Gasteiger partial charge in [-0.1, -0.05) is 35.3 Å². The number of allylic oxidation sites excluding steroid dienone is 2. The summed E-state index contributed by atoms with van der Waals surface area (Å²) in [6.07, 6.45) is -0.431. The maximum Gasteiger partial charge on any atom is 0.408 e. The number of nitrogens with two attached hydrogens (primary N) is 1. The second kappa shape index (κ2) is 8.84. The van der Waals surface area contributed by atoms with Crippen molar-refractivity contribution in [3.63, 3.8) is 0 Å². The van der Waals surface area contributed by atoms with E-state index >= 15 is 0 Å². The van der Waals surface area contributed by atoms with Gasteiger partial charge in [-0.3, -0.25) is 0 Å². The van der Waals surface area contributed by atoms with Crippen LogP contribution in [-0.4, -0.2) is 33.4 Å². The van der Waals surface area contributed by atoms with Crippen LogP contribution in [0.4, 0.5) is 18.9 Å². The molecule has 0 spiro atoms. The Labute approximate surface area is 187 Å². The van der Waals surface area contributed by atoms with Crippen molar-refractivity contribution >= 4 is 38.9 Å². The molecule has 5 nitrogen and oxygen atoms in total. The number of quaternary nitrogens is 1. The molecule has 0 aliphatic carbocycles. The van der Waals surface area contributed by atoms with Crippen molar-refractivity contribution in [2.45, 2.75) is 6.18 Å². The van der Waals surface area contributed by atoms with Crippen LogP contribution in [0.5, 0.6) is 11.5 Å². The molecule has 0 saturated heterocycles. The zero-order chi connectivity index (χ0) is 22.9. The first-order chi connectivity index (χ1) is 14.5. The standard InChI is InChI=1S/C20H18Cl2F3N2O3S/c21-17-5-3-6-18(22)19(17)30-16-9-7-14(8-10-16)27(11-2-1-4-15(27)12-26)31(28,29)13-20(23,24)25/h1-10H,11-13,26H2/q+1. The zero-order valence-corrected chi connectivity index (χ0v) is 18.3. The van der Waals surface area contributed by atoms with Gasteiger partial charge in [-0.15, -0.1) is 0 Å². The van der Waals surface area contributed by atoms with Gasteiger partial charge in [-0.25, -0.2) is 0 Å². The molecule has 2 N–H and O–H groups in total. The average molecular weight is 494 g/mol. The van der Waals surface area contributed by atoms with E-state index in [1.165, 1.54) is 36.4 Å². The minimum absolute atomic E-state index is 0.0999. The van der Waals surface area contributed by atoms with E-state index < -0.39 is 25.8 Å². The second-order valence-corrected chi connectivity index (χ2v) is 9.59. The van der Waals surface area contributed by atoms with Crippen LogP contribution in [0.3, 0.4) is 0 Å². The number of hydrogen-bond acceptors (Lipinski definition) is 4. The summed E-state index contributed by atoms with van der Waals surface area (Å²) in [5, 5.41) is 0.532. The number of ether oxygens (including phenoxy) is 1. The first-order valence-corrected chi connectivity index (χ1v) is 11.3. The van der Waals surface area contributed by atoms with Crippen molar-refractivity contribution in [3.8, 4) is 11.5 Å². The molecule has 1 atom stereocenters.